The zero-order valence-corrected chi connectivity index (χ0v) is 15.7. The molecule has 0 aliphatic carbocycles. The van der Waals surface area contributed by atoms with Crippen molar-refractivity contribution >= 4 is 28.5 Å². The van der Waals surface area contributed by atoms with Gasteiger partial charge in [-0.3, -0.25) is 0 Å². The maximum absolute atomic E-state index is 13.1. The van der Waals surface area contributed by atoms with Crippen LogP contribution in [0.3, 0.4) is 0 Å². The van der Waals surface area contributed by atoms with E-state index in [4.69, 9.17) is 11.6 Å². The van der Waals surface area contributed by atoms with Crippen molar-refractivity contribution in [2.24, 2.45) is 0 Å². The summed E-state index contributed by atoms with van der Waals surface area (Å²) in [5.41, 5.74) is 2.15. The smallest absolute Gasteiger partial charge is 0.356 e. The van der Waals surface area contributed by atoms with E-state index in [9.17, 15) is 13.2 Å². The van der Waals surface area contributed by atoms with Gasteiger partial charge in [0.1, 0.15) is 5.69 Å². The summed E-state index contributed by atoms with van der Waals surface area (Å²) in [6.45, 7) is 4.30. The van der Waals surface area contributed by atoms with Crippen LogP contribution in [0.1, 0.15) is 35.8 Å². The van der Waals surface area contributed by atoms with Crippen molar-refractivity contribution in [1.29, 1.82) is 0 Å². The van der Waals surface area contributed by atoms with Crippen LogP contribution in [0.4, 0.5) is 19.1 Å². The van der Waals surface area contributed by atoms with Gasteiger partial charge in [0.05, 0.1) is 6.04 Å². The molecule has 0 spiro atoms. The van der Waals surface area contributed by atoms with Crippen molar-refractivity contribution in [3.63, 3.8) is 0 Å². The molecule has 0 amide bonds. The number of aromatic nitrogens is 3. The molecule has 0 saturated heterocycles. The number of benzene rings is 1. The van der Waals surface area contributed by atoms with Crippen LogP contribution in [0.25, 0.3) is 10.9 Å². The number of halogens is 4. The first-order valence-electron chi connectivity index (χ1n) is 8.96. The summed E-state index contributed by atoms with van der Waals surface area (Å²) in [5.74, 6) is 0.0891. The summed E-state index contributed by atoms with van der Waals surface area (Å²) in [6, 6.07) is 6.39. The average molecular weight is 407 g/mol. The third kappa shape index (κ3) is 3.35. The fourth-order valence-electron chi connectivity index (χ4n) is 3.80. The Morgan fingerprint density at radius 2 is 2.14 bits per heavy atom. The van der Waals surface area contributed by atoms with Gasteiger partial charge in [-0.15, -0.1) is 6.58 Å². The van der Waals surface area contributed by atoms with Crippen LogP contribution < -0.4 is 4.90 Å². The molecule has 1 N–H and O–H groups in total. The van der Waals surface area contributed by atoms with Crippen LogP contribution in [0, 0.1) is 0 Å². The van der Waals surface area contributed by atoms with Gasteiger partial charge in [-0.05, 0) is 49.1 Å². The largest absolute Gasteiger partial charge is 0.433 e. The van der Waals surface area contributed by atoms with Gasteiger partial charge >= 0.3 is 6.18 Å². The molecule has 8 heteroatoms. The molecule has 28 heavy (non-hydrogen) atoms. The van der Waals surface area contributed by atoms with E-state index in [-0.39, 0.29) is 12.0 Å². The second-order valence-corrected chi connectivity index (χ2v) is 7.21. The van der Waals surface area contributed by atoms with Crippen molar-refractivity contribution in [2.45, 2.75) is 31.5 Å². The second kappa shape index (κ2) is 7.13. The molecule has 0 fully saturated rings. The van der Waals surface area contributed by atoms with Crippen LogP contribution in [0.15, 0.2) is 43.1 Å². The highest BCUT2D eigenvalue weighted by molar-refractivity contribution is 6.31. The van der Waals surface area contributed by atoms with E-state index in [0.717, 1.165) is 40.8 Å². The predicted octanol–water partition coefficient (Wildman–Crippen LogP) is 5.70. The number of rotatable bonds is 4. The summed E-state index contributed by atoms with van der Waals surface area (Å²) in [7, 11) is 0. The SMILES string of the molecule is C=CCCC1c2[nH]c3ccc(Cl)cc3c2CCN1c1nccc(C(F)(F)F)n1. The molecule has 3 heterocycles. The van der Waals surface area contributed by atoms with Crippen LogP contribution in [-0.4, -0.2) is 21.5 Å². The summed E-state index contributed by atoms with van der Waals surface area (Å²) < 4.78 is 39.3. The van der Waals surface area contributed by atoms with E-state index in [1.807, 2.05) is 23.1 Å². The zero-order chi connectivity index (χ0) is 19.9. The molecule has 0 radical (unpaired) electrons. The predicted molar refractivity (Wildman–Crippen MR) is 104 cm³/mol. The first-order valence-corrected chi connectivity index (χ1v) is 9.34. The van der Waals surface area contributed by atoms with Gasteiger partial charge in [-0.25, -0.2) is 9.97 Å². The number of anilines is 1. The van der Waals surface area contributed by atoms with Gasteiger partial charge in [0, 0.05) is 34.4 Å². The Kier molecular flexibility index (Phi) is 4.79. The topological polar surface area (TPSA) is 44.8 Å². The lowest BCUT2D eigenvalue weighted by atomic mass is 9.94. The van der Waals surface area contributed by atoms with Gasteiger partial charge in [0.2, 0.25) is 5.95 Å². The fourth-order valence-corrected chi connectivity index (χ4v) is 3.97. The van der Waals surface area contributed by atoms with Gasteiger partial charge in [-0.1, -0.05) is 17.7 Å². The maximum Gasteiger partial charge on any atom is 0.433 e. The Morgan fingerprint density at radius 1 is 1.32 bits per heavy atom. The lowest BCUT2D eigenvalue weighted by molar-refractivity contribution is -0.141. The van der Waals surface area contributed by atoms with Crippen LogP contribution >= 0.6 is 11.6 Å². The average Bonchev–Trinajstić information content (AvgIpc) is 3.03. The van der Waals surface area contributed by atoms with E-state index < -0.39 is 11.9 Å². The van der Waals surface area contributed by atoms with Crippen molar-refractivity contribution < 1.29 is 13.2 Å². The molecule has 2 aromatic heterocycles. The third-order valence-corrected chi connectivity index (χ3v) is 5.28. The first-order chi connectivity index (χ1) is 13.4. The molecule has 1 atom stereocenters. The highest BCUT2D eigenvalue weighted by Crippen LogP contribution is 2.39. The number of nitrogens with one attached hydrogen (secondary N) is 1. The molecule has 0 saturated carbocycles. The highest BCUT2D eigenvalue weighted by Gasteiger charge is 2.35. The van der Waals surface area contributed by atoms with E-state index in [1.165, 1.54) is 0 Å². The normalized spacial score (nSPS) is 17.0. The van der Waals surface area contributed by atoms with E-state index in [2.05, 4.69) is 21.5 Å². The lowest BCUT2D eigenvalue weighted by Crippen LogP contribution is -2.37. The number of allylic oxidation sites excluding steroid dienone is 1. The maximum atomic E-state index is 13.1. The summed E-state index contributed by atoms with van der Waals surface area (Å²) in [6.07, 6.45) is 0.536. The van der Waals surface area contributed by atoms with Gasteiger partial charge in [0.25, 0.3) is 0 Å². The van der Waals surface area contributed by atoms with Crippen LogP contribution in [0.2, 0.25) is 5.02 Å². The van der Waals surface area contributed by atoms with Crippen molar-refractivity contribution in [1.82, 2.24) is 15.0 Å². The zero-order valence-electron chi connectivity index (χ0n) is 14.9. The minimum Gasteiger partial charge on any atom is -0.356 e. The number of aromatic amines is 1. The van der Waals surface area contributed by atoms with E-state index in [1.54, 1.807) is 6.08 Å². The number of alkyl halides is 3. The molecule has 1 aliphatic rings. The lowest BCUT2D eigenvalue weighted by Gasteiger charge is -2.36. The molecule has 1 aromatic carbocycles. The molecule has 0 bridgehead atoms. The molecular formula is C20H18ClF3N4. The Labute approximate surface area is 165 Å². The quantitative estimate of drug-likeness (QED) is 0.565. The third-order valence-electron chi connectivity index (χ3n) is 5.05. The molecule has 4 nitrogen and oxygen atoms in total. The van der Waals surface area contributed by atoms with Gasteiger partial charge < -0.3 is 9.88 Å². The minimum atomic E-state index is -4.51. The van der Waals surface area contributed by atoms with Gasteiger partial charge in [-0.2, -0.15) is 13.2 Å². The van der Waals surface area contributed by atoms with Crippen molar-refractivity contribution in [3.8, 4) is 0 Å². The summed E-state index contributed by atoms with van der Waals surface area (Å²) in [5, 5.41) is 1.70. The van der Waals surface area contributed by atoms with Crippen LogP contribution in [-0.2, 0) is 12.6 Å². The monoisotopic (exact) mass is 406 g/mol. The Hall–Kier alpha value is -2.54. The fraction of sp³-hybridized carbons (Fsp3) is 0.300. The molecule has 1 unspecified atom stereocenters. The number of hydrogen-bond donors (Lipinski definition) is 1. The number of fused-ring (bicyclic) bond motifs is 3. The Balaban J connectivity index is 1.79. The number of hydrogen-bond acceptors (Lipinski definition) is 3. The molecule has 1 aliphatic heterocycles. The molecular weight excluding hydrogens is 389 g/mol. The Morgan fingerprint density at radius 3 is 2.89 bits per heavy atom. The second-order valence-electron chi connectivity index (χ2n) is 6.77. The minimum absolute atomic E-state index is 0.0891. The summed E-state index contributed by atoms with van der Waals surface area (Å²) >= 11 is 6.16. The van der Waals surface area contributed by atoms with Crippen LogP contribution in [0.5, 0.6) is 0 Å². The molecule has 3 aromatic rings. The van der Waals surface area contributed by atoms with Crippen molar-refractivity contribution in [3.05, 3.63) is 65.1 Å². The van der Waals surface area contributed by atoms with Crippen molar-refractivity contribution in [2.75, 3.05) is 11.4 Å². The Bertz CT molecular complexity index is 1030. The number of H-pyrrole nitrogens is 1. The first kappa shape index (κ1) is 18.8. The summed E-state index contributed by atoms with van der Waals surface area (Å²) in [4.78, 5) is 13.2. The molecule has 146 valence electrons. The van der Waals surface area contributed by atoms with E-state index in [0.29, 0.717) is 24.4 Å². The standard InChI is InChI=1S/C20H18ClF3N4/c1-2-3-4-16-18-13(14-11-12(21)5-6-15(14)26-18)8-10-28(16)19-25-9-7-17(27-19)20(22,23)24/h2,5-7,9,11,16,26H,1,3-4,8,10H2. The van der Waals surface area contributed by atoms with E-state index >= 15 is 0 Å². The highest BCUT2D eigenvalue weighted by atomic mass is 35.5. The van der Waals surface area contributed by atoms with Gasteiger partial charge in [0.15, 0.2) is 0 Å². The molecule has 4 rings (SSSR count). The number of nitrogens with zero attached hydrogens (tertiary/aromatic N) is 3.